The molecule has 1 heterocycles. The Bertz CT molecular complexity index is 229. The van der Waals surface area contributed by atoms with Crippen LogP contribution in [0.15, 0.2) is 0 Å². The Hall–Kier alpha value is -0.0800. The Kier molecular flexibility index (Phi) is 4.87. The van der Waals surface area contributed by atoms with Crippen molar-refractivity contribution in [3.63, 3.8) is 0 Å². The summed E-state index contributed by atoms with van der Waals surface area (Å²) < 4.78 is 0. The fraction of sp³-hybridized carbons (Fsp3) is 1.00. The molecule has 17 heavy (non-hydrogen) atoms. The number of nitrogens with zero attached hydrogens (tertiary/aromatic N) is 1. The Morgan fingerprint density at radius 1 is 1.18 bits per heavy atom. The molecule has 1 aliphatic heterocycles. The maximum atomic E-state index is 3.72. The van der Waals surface area contributed by atoms with Gasteiger partial charge in [-0.15, -0.1) is 0 Å². The topological polar surface area (TPSA) is 15.3 Å². The van der Waals surface area contributed by atoms with Gasteiger partial charge in [0.2, 0.25) is 0 Å². The maximum Gasteiger partial charge on any atom is 0.0113 e. The lowest BCUT2D eigenvalue weighted by molar-refractivity contribution is 0.131. The molecule has 0 bridgehead atoms. The predicted octanol–water partition coefficient (Wildman–Crippen LogP) is 3.03. The van der Waals surface area contributed by atoms with Gasteiger partial charge in [0.05, 0.1) is 0 Å². The molecule has 1 saturated carbocycles. The van der Waals surface area contributed by atoms with E-state index in [9.17, 15) is 0 Å². The van der Waals surface area contributed by atoms with E-state index in [4.69, 9.17) is 0 Å². The highest BCUT2D eigenvalue weighted by Gasteiger charge is 2.34. The van der Waals surface area contributed by atoms with Crippen LogP contribution in [-0.4, -0.2) is 36.1 Å². The lowest BCUT2D eigenvalue weighted by atomic mass is 9.89. The molecule has 0 spiro atoms. The zero-order valence-corrected chi connectivity index (χ0v) is 11.9. The summed E-state index contributed by atoms with van der Waals surface area (Å²) in [6.07, 6.45) is 8.30. The van der Waals surface area contributed by atoms with E-state index in [-0.39, 0.29) is 0 Å². The molecule has 0 aromatic heterocycles. The zero-order chi connectivity index (χ0) is 12.3. The second-order valence-electron chi connectivity index (χ2n) is 6.36. The molecule has 0 aromatic rings. The van der Waals surface area contributed by atoms with Crippen LogP contribution in [0.3, 0.4) is 0 Å². The van der Waals surface area contributed by atoms with Crippen LogP contribution >= 0.6 is 0 Å². The number of hydrogen-bond donors (Lipinski definition) is 1. The quantitative estimate of drug-likeness (QED) is 0.810. The molecule has 100 valence electrons. The van der Waals surface area contributed by atoms with Crippen molar-refractivity contribution in [2.75, 3.05) is 13.1 Å². The summed E-state index contributed by atoms with van der Waals surface area (Å²) in [6.45, 7) is 9.63. The van der Waals surface area contributed by atoms with E-state index in [2.05, 4.69) is 31.0 Å². The van der Waals surface area contributed by atoms with Crippen molar-refractivity contribution in [2.24, 2.45) is 5.92 Å². The first-order chi connectivity index (χ1) is 8.20. The van der Waals surface area contributed by atoms with Crippen molar-refractivity contribution >= 4 is 0 Å². The first-order valence-corrected chi connectivity index (χ1v) is 7.69. The van der Waals surface area contributed by atoms with Gasteiger partial charge in [-0.2, -0.15) is 0 Å². The van der Waals surface area contributed by atoms with Crippen LogP contribution in [0.5, 0.6) is 0 Å². The van der Waals surface area contributed by atoms with E-state index in [1.54, 1.807) is 0 Å². The van der Waals surface area contributed by atoms with Crippen molar-refractivity contribution < 1.29 is 0 Å². The molecule has 1 aliphatic carbocycles. The van der Waals surface area contributed by atoms with Gasteiger partial charge in [-0.05, 0) is 51.5 Å². The van der Waals surface area contributed by atoms with E-state index in [1.165, 1.54) is 51.6 Å². The fourth-order valence-electron chi connectivity index (χ4n) is 3.84. The second kappa shape index (κ2) is 6.19. The number of hydrogen-bond acceptors (Lipinski definition) is 2. The number of rotatable bonds is 4. The largest absolute Gasteiger partial charge is 0.314 e. The molecule has 4 atom stereocenters. The third-order valence-corrected chi connectivity index (χ3v) is 4.63. The molecule has 2 heteroatoms. The first-order valence-electron chi connectivity index (χ1n) is 7.69. The van der Waals surface area contributed by atoms with Gasteiger partial charge in [-0.3, -0.25) is 4.90 Å². The van der Waals surface area contributed by atoms with Crippen LogP contribution in [0.1, 0.15) is 59.3 Å². The molecule has 4 unspecified atom stereocenters. The summed E-state index contributed by atoms with van der Waals surface area (Å²) in [4.78, 5) is 2.80. The van der Waals surface area contributed by atoms with E-state index < -0.39 is 0 Å². The standard InChI is InChI=1S/C15H30N2/c1-4-8-16-14-6-5-7-15(10-14)17-11-12(2)9-13(17)3/h12-16H,4-11H2,1-3H3. The Morgan fingerprint density at radius 3 is 2.65 bits per heavy atom. The predicted molar refractivity (Wildman–Crippen MR) is 74.3 cm³/mol. The van der Waals surface area contributed by atoms with Gasteiger partial charge in [0.1, 0.15) is 0 Å². The average Bonchev–Trinajstić information content (AvgIpc) is 2.66. The minimum Gasteiger partial charge on any atom is -0.314 e. The molecule has 1 saturated heterocycles. The summed E-state index contributed by atoms with van der Waals surface area (Å²) >= 11 is 0. The normalized spacial score (nSPS) is 39.7. The van der Waals surface area contributed by atoms with Crippen molar-refractivity contribution in [2.45, 2.75) is 77.4 Å². The molecule has 2 aliphatic rings. The molecule has 0 radical (unpaired) electrons. The van der Waals surface area contributed by atoms with Gasteiger partial charge in [0.15, 0.2) is 0 Å². The molecule has 0 amide bonds. The average molecular weight is 238 g/mol. The van der Waals surface area contributed by atoms with Crippen LogP contribution < -0.4 is 5.32 Å². The maximum absolute atomic E-state index is 3.72. The van der Waals surface area contributed by atoms with Gasteiger partial charge >= 0.3 is 0 Å². The summed E-state index contributed by atoms with van der Waals surface area (Å²) in [5, 5.41) is 3.72. The van der Waals surface area contributed by atoms with Crippen molar-refractivity contribution in [3.8, 4) is 0 Å². The van der Waals surface area contributed by atoms with Crippen LogP contribution in [0.25, 0.3) is 0 Å². The molecule has 2 rings (SSSR count). The Labute approximate surface area is 107 Å². The van der Waals surface area contributed by atoms with Crippen LogP contribution in [0, 0.1) is 5.92 Å². The highest BCUT2D eigenvalue weighted by Crippen LogP contribution is 2.31. The van der Waals surface area contributed by atoms with Crippen LogP contribution in [0.2, 0.25) is 0 Å². The van der Waals surface area contributed by atoms with Gasteiger partial charge in [0.25, 0.3) is 0 Å². The SMILES string of the molecule is CCCNC1CCCC(N2CC(C)CC2C)C1. The smallest absolute Gasteiger partial charge is 0.0113 e. The van der Waals surface area contributed by atoms with Gasteiger partial charge in [0, 0.05) is 24.7 Å². The summed E-state index contributed by atoms with van der Waals surface area (Å²) in [5.74, 6) is 0.911. The van der Waals surface area contributed by atoms with E-state index >= 15 is 0 Å². The van der Waals surface area contributed by atoms with Crippen molar-refractivity contribution in [1.29, 1.82) is 0 Å². The molecular formula is C15H30N2. The Balaban J connectivity index is 1.84. The van der Waals surface area contributed by atoms with E-state index in [0.29, 0.717) is 0 Å². The monoisotopic (exact) mass is 238 g/mol. The molecule has 2 fully saturated rings. The van der Waals surface area contributed by atoms with E-state index in [1.807, 2.05) is 0 Å². The highest BCUT2D eigenvalue weighted by atomic mass is 15.2. The third kappa shape index (κ3) is 3.45. The summed E-state index contributed by atoms with van der Waals surface area (Å²) in [7, 11) is 0. The third-order valence-electron chi connectivity index (χ3n) is 4.63. The van der Waals surface area contributed by atoms with Crippen molar-refractivity contribution in [3.05, 3.63) is 0 Å². The Morgan fingerprint density at radius 2 is 2.00 bits per heavy atom. The van der Waals surface area contributed by atoms with Gasteiger partial charge < -0.3 is 5.32 Å². The molecule has 1 N–H and O–H groups in total. The fourth-order valence-corrected chi connectivity index (χ4v) is 3.84. The molecule has 0 aromatic carbocycles. The second-order valence-corrected chi connectivity index (χ2v) is 6.36. The lowest BCUT2D eigenvalue weighted by Crippen LogP contribution is -2.45. The zero-order valence-electron chi connectivity index (χ0n) is 11.9. The number of nitrogens with one attached hydrogen (secondary N) is 1. The molecular weight excluding hydrogens is 208 g/mol. The van der Waals surface area contributed by atoms with Crippen LogP contribution in [0.4, 0.5) is 0 Å². The van der Waals surface area contributed by atoms with Crippen molar-refractivity contribution in [1.82, 2.24) is 10.2 Å². The first kappa shape index (κ1) is 13.4. The van der Waals surface area contributed by atoms with Gasteiger partial charge in [-0.1, -0.05) is 20.3 Å². The lowest BCUT2D eigenvalue weighted by Gasteiger charge is -2.38. The number of likely N-dealkylation sites (tertiary alicyclic amines) is 1. The van der Waals surface area contributed by atoms with E-state index in [0.717, 1.165) is 24.0 Å². The van der Waals surface area contributed by atoms with Crippen LogP contribution in [-0.2, 0) is 0 Å². The summed E-state index contributed by atoms with van der Waals surface area (Å²) in [6, 6.07) is 2.47. The minimum absolute atomic E-state index is 0.789. The minimum atomic E-state index is 0.789. The molecule has 2 nitrogen and oxygen atoms in total. The summed E-state index contributed by atoms with van der Waals surface area (Å²) in [5.41, 5.74) is 0. The highest BCUT2D eigenvalue weighted by molar-refractivity contribution is 4.90. The van der Waals surface area contributed by atoms with Gasteiger partial charge in [-0.25, -0.2) is 0 Å².